The first-order valence-electron chi connectivity index (χ1n) is 8.94. The molecule has 0 unspecified atom stereocenters. The summed E-state index contributed by atoms with van der Waals surface area (Å²) in [5, 5.41) is 0. The maximum Gasteiger partial charge on any atom is 0.0703 e. The van der Waals surface area contributed by atoms with Gasteiger partial charge in [0.05, 0.1) is 11.4 Å². The van der Waals surface area contributed by atoms with E-state index >= 15 is 0 Å². The maximum absolute atomic E-state index is 4.38. The zero-order valence-electron chi connectivity index (χ0n) is 15.9. The molecule has 4 aromatic rings. The lowest BCUT2D eigenvalue weighted by molar-refractivity contribution is 1.25. The Bertz CT molecular complexity index is 915. The van der Waals surface area contributed by atoms with E-state index in [1.807, 2.05) is 44.4 Å². The molecule has 0 atom stereocenters. The number of benzene rings is 1. The summed E-state index contributed by atoms with van der Waals surface area (Å²) in [6, 6.07) is 20.6. The molecule has 3 aromatic heterocycles. The molecule has 3 nitrogen and oxygen atoms in total. The van der Waals surface area contributed by atoms with Crippen molar-refractivity contribution >= 4 is 0 Å². The number of pyridine rings is 3. The second-order valence-corrected chi connectivity index (χ2v) is 6.54. The predicted octanol–water partition coefficient (Wildman–Crippen LogP) is 5.82. The summed E-state index contributed by atoms with van der Waals surface area (Å²) in [4.78, 5) is 12.7. The SMILES string of the molecule is Cc1ccc(-c2ccc(C)cn2)cc1.Cc1ccc(-c2ccncc2)nc1. The summed E-state index contributed by atoms with van der Waals surface area (Å²) in [5.41, 5.74) is 7.97. The summed E-state index contributed by atoms with van der Waals surface area (Å²) in [6.45, 7) is 6.17. The minimum Gasteiger partial charge on any atom is -0.265 e. The van der Waals surface area contributed by atoms with Crippen LogP contribution in [0.5, 0.6) is 0 Å². The highest BCUT2D eigenvalue weighted by atomic mass is 14.7. The molecule has 0 N–H and O–H groups in total. The zero-order valence-corrected chi connectivity index (χ0v) is 15.9. The highest BCUT2D eigenvalue weighted by Crippen LogP contribution is 2.17. The fraction of sp³-hybridized carbons (Fsp3) is 0.125. The second-order valence-electron chi connectivity index (χ2n) is 6.54. The van der Waals surface area contributed by atoms with Gasteiger partial charge >= 0.3 is 0 Å². The molecule has 0 bridgehead atoms. The van der Waals surface area contributed by atoms with Crippen molar-refractivity contribution in [2.24, 2.45) is 0 Å². The largest absolute Gasteiger partial charge is 0.265 e. The fourth-order valence-electron chi connectivity index (χ4n) is 2.52. The van der Waals surface area contributed by atoms with Crippen LogP contribution in [0.3, 0.4) is 0 Å². The highest BCUT2D eigenvalue weighted by molar-refractivity contribution is 5.59. The Morgan fingerprint density at radius 2 is 0.926 bits per heavy atom. The van der Waals surface area contributed by atoms with E-state index in [2.05, 4.69) is 64.3 Å². The number of rotatable bonds is 2. The van der Waals surface area contributed by atoms with Crippen molar-refractivity contribution in [2.45, 2.75) is 20.8 Å². The maximum atomic E-state index is 4.38. The van der Waals surface area contributed by atoms with Crippen LogP contribution in [0.1, 0.15) is 16.7 Å². The van der Waals surface area contributed by atoms with Gasteiger partial charge in [-0.15, -0.1) is 0 Å². The number of hydrogen-bond donors (Lipinski definition) is 0. The molecule has 0 aliphatic heterocycles. The van der Waals surface area contributed by atoms with E-state index in [1.54, 1.807) is 12.4 Å². The quantitative estimate of drug-likeness (QED) is 0.456. The van der Waals surface area contributed by atoms with Crippen LogP contribution in [0.4, 0.5) is 0 Å². The van der Waals surface area contributed by atoms with Crippen LogP contribution in [0.2, 0.25) is 0 Å². The summed E-state index contributed by atoms with van der Waals surface area (Å²) in [5.74, 6) is 0. The molecular formula is C24H23N3. The highest BCUT2D eigenvalue weighted by Gasteiger charge is 1.97. The van der Waals surface area contributed by atoms with Crippen molar-refractivity contribution in [2.75, 3.05) is 0 Å². The molecule has 4 rings (SSSR count). The van der Waals surface area contributed by atoms with Gasteiger partial charge in [-0.05, 0) is 56.2 Å². The third kappa shape index (κ3) is 5.32. The van der Waals surface area contributed by atoms with E-state index in [0.29, 0.717) is 0 Å². The molecule has 27 heavy (non-hydrogen) atoms. The predicted molar refractivity (Wildman–Crippen MR) is 111 cm³/mol. The van der Waals surface area contributed by atoms with Gasteiger partial charge in [0.1, 0.15) is 0 Å². The Kier molecular flexibility index (Phi) is 6.06. The smallest absolute Gasteiger partial charge is 0.0703 e. The monoisotopic (exact) mass is 353 g/mol. The van der Waals surface area contributed by atoms with E-state index in [4.69, 9.17) is 0 Å². The molecule has 0 aliphatic rings. The first-order valence-corrected chi connectivity index (χ1v) is 8.94. The lowest BCUT2D eigenvalue weighted by Crippen LogP contribution is -1.83. The van der Waals surface area contributed by atoms with Gasteiger partial charge in [-0.3, -0.25) is 15.0 Å². The summed E-state index contributed by atoms with van der Waals surface area (Å²) in [6.07, 6.45) is 7.32. The molecule has 0 amide bonds. The number of aryl methyl sites for hydroxylation is 3. The van der Waals surface area contributed by atoms with Gasteiger partial charge in [0.15, 0.2) is 0 Å². The minimum absolute atomic E-state index is 0.994. The molecule has 134 valence electrons. The zero-order chi connectivity index (χ0) is 19.1. The van der Waals surface area contributed by atoms with Crippen molar-refractivity contribution in [1.82, 2.24) is 15.0 Å². The first-order chi connectivity index (χ1) is 13.1. The van der Waals surface area contributed by atoms with Crippen LogP contribution < -0.4 is 0 Å². The standard InChI is InChI=1S/C13H13N.C11H10N2/c1-10-3-6-12(7-4-10)13-8-5-11(2)9-14-13;1-9-2-3-11(13-8-9)10-4-6-12-7-5-10/h3-9H,1-2H3;2-8H,1H3. The molecule has 0 fully saturated rings. The minimum atomic E-state index is 0.994. The summed E-state index contributed by atoms with van der Waals surface area (Å²) in [7, 11) is 0. The average molecular weight is 353 g/mol. The average Bonchev–Trinajstić information content (AvgIpc) is 2.71. The molecule has 0 saturated heterocycles. The molecule has 0 spiro atoms. The molecule has 0 aliphatic carbocycles. The summed E-state index contributed by atoms with van der Waals surface area (Å²) >= 11 is 0. The van der Waals surface area contributed by atoms with Gasteiger partial charge in [-0.2, -0.15) is 0 Å². The Labute approximate surface area is 160 Å². The van der Waals surface area contributed by atoms with Crippen molar-refractivity contribution in [1.29, 1.82) is 0 Å². The van der Waals surface area contributed by atoms with Crippen molar-refractivity contribution in [3.63, 3.8) is 0 Å². The van der Waals surface area contributed by atoms with Gasteiger partial charge in [0.25, 0.3) is 0 Å². The molecule has 3 heterocycles. The van der Waals surface area contributed by atoms with Crippen molar-refractivity contribution < 1.29 is 0 Å². The van der Waals surface area contributed by atoms with Crippen molar-refractivity contribution in [3.05, 3.63) is 102 Å². The van der Waals surface area contributed by atoms with Crippen molar-refractivity contribution in [3.8, 4) is 22.5 Å². The number of hydrogen-bond acceptors (Lipinski definition) is 3. The van der Waals surface area contributed by atoms with Crippen LogP contribution >= 0.6 is 0 Å². The molecule has 1 aromatic carbocycles. The molecule has 0 radical (unpaired) electrons. The first kappa shape index (κ1) is 18.5. The van der Waals surface area contributed by atoms with Gasteiger partial charge in [0.2, 0.25) is 0 Å². The lowest BCUT2D eigenvalue weighted by atomic mass is 10.1. The summed E-state index contributed by atoms with van der Waals surface area (Å²) < 4.78 is 0. The van der Waals surface area contributed by atoms with Gasteiger partial charge in [0, 0.05) is 35.9 Å². The van der Waals surface area contributed by atoms with Gasteiger partial charge < -0.3 is 0 Å². The van der Waals surface area contributed by atoms with E-state index in [0.717, 1.165) is 17.0 Å². The molecular weight excluding hydrogens is 330 g/mol. The van der Waals surface area contributed by atoms with E-state index in [-0.39, 0.29) is 0 Å². The van der Waals surface area contributed by atoms with Crippen LogP contribution in [0.15, 0.2) is 85.5 Å². The van der Waals surface area contributed by atoms with E-state index < -0.39 is 0 Å². The van der Waals surface area contributed by atoms with Crippen LogP contribution in [-0.4, -0.2) is 15.0 Å². The van der Waals surface area contributed by atoms with Gasteiger partial charge in [-0.1, -0.05) is 42.0 Å². The van der Waals surface area contributed by atoms with Crippen LogP contribution in [0, 0.1) is 20.8 Å². The normalized spacial score (nSPS) is 10.0. The Morgan fingerprint density at radius 1 is 0.481 bits per heavy atom. The fourth-order valence-corrected chi connectivity index (χ4v) is 2.52. The second kappa shape index (κ2) is 8.86. The third-order valence-electron chi connectivity index (χ3n) is 4.15. The topological polar surface area (TPSA) is 38.7 Å². The van der Waals surface area contributed by atoms with Crippen LogP contribution in [0.25, 0.3) is 22.5 Å². The lowest BCUT2D eigenvalue weighted by Gasteiger charge is -2.01. The third-order valence-corrected chi connectivity index (χ3v) is 4.15. The Hall–Kier alpha value is -3.33. The molecule has 3 heteroatoms. The number of aromatic nitrogens is 3. The van der Waals surface area contributed by atoms with E-state index in [1.165, 1.54) is 22.3 Å². The van der Waals surface area contributed by atoms with Gasteiger partial charge in [-0.25, -0.2) is 0 Å². The van der Waals surface area contributed by atoms with E-state index in [9.17, 15) is 0 Å². The Balaban J connectivity index is 0.000000156. The Morgan fingerprint density at radius 3 is 1.37 bits per heavy atom. The van der Waals surface area contributed by atoms with Crippen LogP contribution in [-0.2, 0) is 0 Å². The number of nitrogens with zero attached hydrogens (tertiary/aromatic N) is 3. The molecule has 0 saturated carbocycles.